The molecule has 2 rings (SSSR count). The molecule has 1 aromatic heterocycles. The second kappa shape index (κ2) is 6.56. The van der Waals surface area contributed by atoms with Gasteiger partial charge in [0.1, 0.15) is 4.21 Å². The SMILES string of the molecule is CNCc1csc(S(=O)(=O)NCC2(C)CCCCC2)c1. The van der Waals surface area contributed by atoms with Gasteiger partial charge in [0.05, 0.1) is 0 Å². The Balaban J connectivity index is 1.99. The molecule has 1 fully saturated rings. The first-order chi connectivity index (χ1) is 9.45. The molecule has 114 valence electrons. The number of sulfonamides is 1. The van der Waals surface area contributed by atoms with Gasteiger partial charge in [0.25, 0.3) is 0 Å². The molecule has 1 saturated carbocycles. The van der Waals surface area contributed by atoms with Gasteiger partial charge in [-0.3, -0.25) is 0 Å². The summed E-state index contributed by atoms with van der Waals surface area (Å²) in [5, 5.41) is 4.93. The van der Waals surface area contributed by atoms with Gasteiger partial charge in [-0.1, -0.05) is 26.2 Å². The molecule has 0 bridgehead atoms. The van der Waals surface area contributed by atoms with E-state index in [0.717, 1.165) is 18.4 Å². The van der Waals surface area contributed by atoms with Gasteiger partial charge in [-0.05, 0) is 42.3 Å². The van der Waals surface area contributed by atoms with E-state index in [1.54, 1.807) is 6.07 Å². The molecule has 0 aliphatic heterocycles. The van der Waals surface area contributed by atoms with Gasteiger partial charge >= 0.3 is 0 Å². The summed E-state index contributed by atoms with van der Waals surface area (Å²) >= 11 is 1.29. The van der Waals surface area contributed by atoms with Crippen molar-refractivity contribution in [1.82, 2.24) is 10.0 Å². The summed E-state index contributed by atoms with van der Waals surface area (Å²) in [6, 6.07) is 1.76. The van der Waals surface area contributed by atoms with Crippen molar-refractivity contribution in [3.63, 3.8) is 0 Å². The molecule has 0 atom stereocenters. The minimum atomic E-state index is -3.35. The molecule has 0 saturated heterocycles. The maximum Gasteiger partial charge on any atom is 0.250 e. The van der Waals surface area contributed by atoms with E-state index >= 15 is 0 Å². The van der Waals surface area contributed by atoms with E-state index in [4.69, 9.17) is 0 Å². The summed E-state index contributed by atoms with van der Waals surface area (Å²) in [4.78, 5) is 0. The maximum absolute atomic E-state index is 12.3. The van der Waals surface area contributed by atoms with Crippen molar-refractivity contribution in [3.05, 3.63) is 17.0 Å². The Morgan fingerprint density at radius 1 is 1.30 bits per heavy atom. The van der Waals surface area contributed by atoms with Crippen LogP contribution in [-0.2, 0) is 16.6 Å². The average Bonchev–Trinajstić information content (AvgIpc) is 2.88. The predicted molar refractivity (Wildman–Crippen MR) is 83.5 cm³/mol. The van der Waals surface area contributed by atoms with Crippen molar-refractivity contribution >= 4 is 21.4 Å². The highest BCUT2D eigenvalue weighted by molar-refractivity contribution is 7.91. The molecule has 1 aliphatic carbocycles. The minimum absolute atomic E-state index is 0.121. The summed E-state index contributed by atoms with van der Waals surface area (Å²) < 4.78 is 27.8. The third-order valence-corrected chi connectivity index (χ3v) is 6.91. The zero-order valence-electron chi connectivity index (χ0n) is 12.2. The minimum Gasteiger partial charge on any atom is -0.316 e. The molecule has 0 radical (unpaired) electrons. The van der Waals surface area contributed by atoms with Gasteiger partial charge in [0.2, 0.25) is 10.0 Å². The lowest BCUT2D eigenvalue weighted by Gasteiger charge is -2.33. The molecule has 1 aliphatic rings. The zero-order chi connectivity index (χ0) is 14.6. The fraction of sp³-hybridized carbons (Fsp3) is 0.714. The van der Waals surface area contributed by atoms with Crippen molar-refractivity contribution in [2.24, 2.45) is 5.41 Å². The highest BCUT2D eigenvalue weighted by Gasteiger charge is 2.29. The average molecular weight is 316 g/mol. The lowest BCUT2D eigenvalue weighted by Crippen LogP contribution is -2.36. The van der Waals surface area contributed by atoms with Crippen molar-refractivity contribution < 1.29 is 8.42 Å². The van der Waals surface area contributed by atoms with Crippen molar-refractivity contribution in [2.75, 3.05) is 13.6 Å². The van der Waals surface area contributed by atoms with E-state index < -0.39 is 10.0 Å². The van der Waals surface area contributed by atoms with Crippen LogP contribution in [0.2, 0.25) is 0 Å². The highest BCUT2D eigenvalue weighted by Crippen LogP contribution is 2.35. The largest absolute Gasteiger partial charge is 0.316 e. The molecule has 6 heteroatoms. The van der Waals surface area contributed by atoms with Crippen LogP contribution >= 0.6 is 11.3 Å². The van der Waals surface area contributed by atoms with Crippen LogP contribution < -0.4 is 10.0 Å². The van der Waals surface area contributed by atoms with Gasteiger partial charge in [-0.2, -0.15) is 0 Å². The molecule has 0 spiro atoms. The van der Waals surface area contributed by atoms with Gasteiger partial charge < -0.3 is 5.32 Å². The van der Waals surface area contributed by atoms with Crippen molar-refractivity contribution in [3.8, 4) is 0 Å². The predicted octanol–water partition coefficient (Wildman–Crippen LogP) is 2.72. The fourth-order valence-electron chi connectivity index (χ4n) is 2.71. The first-order valence-electron chi connectivity index (χ1n) is 7.17. The molecular formula is C14H24N2O2S2. The topological polar surface area (TPSA) is 58.2 Å². The molecule has 2 N–H and O–H groups in total. The van der Waals surface area contributed by atoms with Gasteiger partial charge in [-0.25, -0.2) is 13.1 Å². The molecule has 0 amide bonds. The second-order valence-electron chi connectivity index (χ2n) is 6.00. The third kappa shape index (κ3) is 4.04. The van der Waals surface area contributed by atoms with Crippen LogP contribution in [-0.4, -0.2) is 22.0 Å². The van der Waals surface area contributed by atoms with Crippen molar-refractivity contribution in [1.29, 1.82) is 0 Å². The fourth-order valence-corrected chi connectivity index (χ4v) is 5.17. The molecule has 1 aromatic rings. The summed E-state index contributed by atoms with van der Waals surface area (Å²) in [6.07, 6.45) is 5.93. The second-order valence-corrected chi connectivity index (χ2v) is 8.91. The molecule has 20 heavy (non-hydrogen) atoms. The number of hydrogen-bond donors (Lipinski definition) is 2. The van der Waals surface area contributed by atoms with E-state index in [2.05, 4.69) is 17.0 Å². The number of rotatable bonds is 6. The first kappa shape index (κ1) is 15.9. The smallest absolute Gasteiger partial charge is 0.250 e. The molecule has 1 heterocycles. The van der Waals surface area contributed by atoms with Crippen molar-refractivity contribution in [2.45, 2.75) is 49.8 Å². The Labute approximate surface area is 126 Å². The highest BCUT2D eigenvalue weighted by atomic mass is 32.2. The number of nitrogens with one attached hydrogen (secondary N) is 2. The standard InChI is InChI=1S/C14H24N2O2S2/c1-14(6-4-3-5-7-14)11-16-20(17,18)13-8-12(9-15-2)10-19-13/h8,10,15-16H,3-7,9,11H2,1-2H3. The van der Waals surface area contributed by atoms with Crippen LogP contribution in [0, 0.1) is 5.41 Å². The van der Waals surface area contributed by atoms with Crippen LogP contribution in [0.1, 0.15) is 44.6 Å². The van der Waals surface area contributed by atoms with Gasteiger partial charge in [0.15, 0.2) is 0 Å². The summed E-state index contributed by atoms with van der Waals surface area (Å²) in [5.41, 5.74) is 1.14. The zero-order valence-corrected chi connectivity index (χ0v) is 13.9. The lowest BCUT2D eigenvalue weighted by atomic mass is 9.76. The summed E-state index contributed by atoms with van der Waals surface area (Å²) in [6.45, 7) is 3.44. The molecule has 0 aromatic carbocycles. The van der Waals surface area contributed by atoms with Crippen LogP contribution in [0.3, 0.4) is 0 Å². The van der Waals surface area contributed by atoms with E-state index in [-0.39, 0.29) is 5.41 Å². The Morgan fingerprint density at radius 2 is 2.00 bits per heavy atom. The molecule has 4 nitrogen and oxygen atoms in total. The number of hydrogen-bond acceptors (Lipinski definition) is 4. The summed E-state index contributed by atoms with van der Waals surface area (Å²) in [7, 11) is -1.50. The van der Waals surface area contributed by atoms with Crippen LogP contribution in [0.5, 0.6) is 0 Å². The van der Waals surface area contributed by atoms with Crippen LogP contribution in [0.4, 0.5) is 0 Å². The maximum atomic E-state index is 12.3. The Kier molecular flexibility index (Phi) is 5.23. The Bertz CT molecular complexity index is 531. The monoisotopic (exact) mass is 316 g/mol. The number of thiophene rings is 1. The molecule has 0 unspecified atom stereocenters. The van der Waals surface area contributed by atoms with E-state index in [0.29, 0.717) is 17.3 Å². The lowest BCUT2D eigenvalue weighted by molar-refractivity contribution is 0.219. The van der Waals surface area contributed by atoms with Crippen LogP contribution in [0.25, 0.3) is 0 Å². The quantitative estimate of drug-likeness (QED) is 0.848. The molecular weight excluding hydrogens is 292 g/mol. The van der Waals surface area contributed by atoms with E-state index in [9.17, 15) is 8.42 Å². The first-order valence-corrected chi connectivity index (χ1v) is 9.53. The Hall–Kier alpha value is -0.430. The Morgan fingerprint density at radius 3 is 2.65 bits per heavy atom. The van der Waals surface area contributed by atoms with E-state index in [1.807, 2.05) is 12.4 Å². The third-order valence-electron chi connectivity index (χ3n) is 4.03. The van der Waals surface area contributed by atoms with Crippen LogP contribution in [0.15, 0.2) is 15.7 Å². The van der Waals surface area contributed by atoms with Gasteiger partial charge in [0, 0.05) is 13.1 Å². The van der Waals surface area contributed by atoms with E-state index in [1.165, 1.54) is 30.6 Å². The normalized spacial score (nSPS) is 19.1. The van der Waals surface area contributed by atoms with Gasteiger partial charge in [-0.15, -0.1) is 11.3 Å². The summed E-state index contributed by atoms with van der Waals surface area (Å²) in [5.74, 6) is 0.